The normalized spacial score (nSPS) is 27.0. The third kappa shape index (κ3) is 2.10. The van der Waals surface area contributed by atoms with Crippen molar-refractivity contribution < 1.29 is 14.3 Å². The zero-order valence-electron chi connectivity index (χ0n) is 10.0. The first-order valence-electron chi connectivity index (χ1n) is 6.23. The molecule has 0 bridgehead atoms. The minimum Gasteiger partial charge on any atom is -0.460 e. The zero-order valence-corrected chi connectivity index (χ0v) is 10.0. The molecular formula is C14H15NO3. The topological polar surface area (TPSA) is 46.6 Å². The van der Waals surface area contributed by atoms with E-state index in [1.807, 2.05) is 30.3 Å². The van der Waals surface area contributed by atoms with Gasteiger partial charge in [0.15, 0.2) is 0 Å². The quantitative estimate of drug-likeness (QED) is 0.739. The van der Waals surface area contributed by atoms with Gasteiger partial charge < -0.3 is 9.64 Å². The Morgan fingerprint density at radius 2 is 1.94 bits per heavy atom. The van der Waals surface area contributed by atoms with Crippen molar-refractivity contribution >= 4 is 11.9 Å². The lowest BCUT2D eigenvalue weighted by atomic mass is 9.92. The molecule has 3 rings (SSSR count). The van der Waals surface area contributed by atoms with Gasteiger partial charge in [-0.05, 0) is 5.56 Å². The van der Waals surface area contributed by atoms with Crippen molar-refractivity contribution in [2.45, 2.75) is 25.5 Å². The molecule has 0 aliphatic carbocycles. The standard InChI is InChI=1S/C14H15NO3/c16-13-6-11-7-14(17)18-12(11)9-15(13)8-10-4-2-1-3-5-10/h1-5,11-12H,6-9H2/t11-,12-/m1/s1. The summed E-state index contributed by atoms with van der Waals surface area (Å²) in [5.74, 6) is 0.0507. The number of nitrogens with zero attached hydrogens (tertiary/aromatic N) is 1. The van der Waals surface area contributed by atoms with Crippen LogP contribution in [0.3, 0.4) is 0 Å². The van der Waals surface area contributed by atoms with Crippen LogP contribution in [0.15, 0.2) is 30.3 Å². The van der Waals surface area contributed by atoms with Crippen LogP contribution in [0, 0.1) is 5.92 Å². The number of piperidine rings is 1. The fourth-order valence-corrected chi connectivity index (χ4v) is 2.68. The first kappa shape index (κ1) is 11.3. The first-order chi connectivity index (χ1) is 8.72. The molecule has 4 heteroatoms. The lowest BCUT2D eigenvalue weighted by Gasteiger charge is -2.33. The average Bonchev–Trinajstić information content (AvgIpc) is 2.70. The number of rotatable bonds is 2. The van der Waals surface area contributed by atoms with Crippen molar-refractivity contribution in [3.63, 3.8) is 0 Å². The van der Waals surface area contributed by atoms with Crippen LogP contribution in [0.2, 0.25) is 0 Å². The van der Waals surface area contributed by atoms with Crippen molar-refractivity contribution in [3.05, 3.63) is 35.9 Å². The summed E-state index contributed by atoms with van der Waals surface area (Å²) in [6, 6.07) is 9.88. The maximum atomic E-state index is 12.0. The number of ether oxygens (including phenoxy) is 1. The molecule has 0 unspecified atom stereocenters. The van der Waals surface area contributed by atoms with Gasteiger partial charge in [0.2, 0.25) is 5.91 Å². The van der Waals surface area contributed by atoms with Crippen molar-refractivity contribution in [3.8, 4) is 0 Å². The van der Waals surface area contributed by atoms with Gasteiger partial charge in [-0.3, -0.25) is 9.59 Å². The summed E-state index contributed by atoms with van der Waals surface area (Å²) in [7, 11) is 0. The largest absolute Gasteiger partial charge is 0.460 e. The highest BCUT2D eigenvalue weighted by atomic mass is 16.6. The molecule has 2 aliphatic rings. The molecule has 2 fully saturated rings. The summed E-state index contributed by atoms with van der Waals surface area (Å²) in [4.78, 5) is 25.0. The third-order valence-corrected chi connectivity index (χ3v) is 3.64. The van der Waals surface area contributed by atoms with Gasteiger partial charge in [0.1, 0.15) is 6.10 Å². The highest BCUT2D eigenvalue weighted by Crippen LogP contribution is 2.31. The minimum absolute atomic E-state index is 0.0945. The molecule has 0 spiro atoms. The Morgan fingerprint density at radius 1 is 1.17 bits per heavy atom. The smallest absolute Gasteiger partial charge is 0.306 e. The number of benzene rings is 1. The molecule has 1 aromatic rings. The number of amides is 1. The van der Waals surface area contributed by atoms with Crippen molar-refractivity contribution in [2.24, 2.45) is 5.92 Å². The Balaban J connectivity index is 1.70. The van der Waals surface area contributed by atoms with Crippen LogP contribution in [0.5, 0.6) is 0 Å². The summed E-state index contributed by atoms with van der Waals surface area (Å²) in [5, 5.41) is 0. The van der Waals surface area contributed by atoms with Crippen LogP contribution >= 0.6 is 0 Å². The number of esters is 1. The van der Waals surface area contributed by atoms with Crippen molar-refractivity contribution in [2.75, 3.05) is 6.54 Å². The molecular weight excluding hydrogens is 230 g/mol. The van der Waals surface area contributed by atoms with Gasteiger partial charge in [-0.1, -0.05) is 30.3 Å². The molecule has 0 N–H and O–H groups in total. The van der Waals surface area contributed by atoms with Gasteiger partial charge in [-0.15, -0.1) is 0 Å². The monoisotopic (exact) mass is 245 g/mol. The Hall–Kier alpha value is -1.84. The highest BCUT2D eigenvalue weighted by molar-refractivity contribution is 5.80. The molecule has 94 valence electrons. The number of carbonyl (C=O) groups is 2. The van der Waals surface area contributed by atoms with E-state index >= 15 is 0 Å². The molecule has 18 heavy (non-hydrogen) atoms. The van der Waals surface area contributed by atoms with Gasteiger partial charge >= 0.3 is 5.97 Å². The summed E-state index contributed by atoms with van der Waals surface area (Å²) < 4.78 is 5.25. The van der Waals surface area contributed by atoms with E-state index in [0.717, 1.165) is 5.56 Å². The average molecular weight is 245 g/mol. The Labute approximate surface area is 106 Å². The van der Waals surface area contributed by atoms with E-state index in [9.17, 15) is 9.59 Å². The van der Waals surface area contributed by atoms with Gasteiger partial charge in [0.25, 0.3) is 0 Å². The number of hydrogen-bond donors (Lipinski definition) is 0. The molecule has 4 nitrogen and oxygen atoms in total. The molecule has 0 aromatic heterocycles. The Kier molecular flexibility index (Phi) is 2.78. The fraction of sp³-hybridized carbons (Fsp3) is 0.429. The maximum absolute atomic E-state index is 12.0. The van der Waals surface area contributed by atoms with Gasteiger partial charge in [-0.25, -0.2) is 0 Å². The van der Waals surface area contributed by atoms with E-state index in [-0.39, 0.29) is 23.9 Å². The molecule has 1 amide bonds. The van der Waals surface area contributed by atoms with Crippen LogP contribution in [-0.2, 0) is 20.9 Å². The predicted octanol–water partition coefficient (Wildman–Crippen LogP) is 1.35. The summed E-state index contributed by atoms with van der Waals surface area (Å²) in [5.41, 5.74) is 1.11. The molecule has 2 heterocycles. The zero-order chi connectivity index (χ0) is 12.5. The third-order valence-electron chi connectivity index (χ3n) is 3.64. The van der Waals surface area contributed by atoms with Gasteiger partial charge in [-0.2, -0.15) is 0 Å². The van der Waals surface area contributed by atoms with Crippen LogP contribution in [0.4, 0.5) is 0 Å². The summed E-state index contributed by atoms with van der Waals surface area (Å²) in [6.07, 6.45) is 0.734. The van der Waals surface area contributed by atoms with E-state index in [0.29, 0.717) is 25.9 Å². The minimum atomic E-state index is -0.167. The molecule has 2 atom stereocenters. The fourth-order valence-electron chi connectivity index (χ4n) is 2.68. The second-order valence-electron chi connectivity index (χ2n) is 4.96. The van der Waals surface area contributed by atoms with E-state index in [4.69, 9.17) is 4.74 Å². The van der Waals surface area contributed by atoms with E-state index in [1.165, 1.54) is 0 Å². The van der Waals surface area contributed by atoms with Crippen LogP contribution in [0.25, 0.3) is 0 Å². The van der Waals surface area contributed by atoms with Crippen LogP contribution in [-0.4, -0.2) is 29.4 Å². The number of hydrogen-bond acceptors (Lipinski definition) is 3. The molecule has 0 radical (unpaired) electrons. The lowest BCUT2D eigenvalue weighted by Crippen LogP contribution is -2.45. The Bertz CT molecular complexity index is 471. The van der Waals surface area contributed by atoms with Gasteiger partial charge in [0, 0.05) is 18.9 Å². The van der Waals surface area contributed by atoms with Crippen LogP contribution in [0.1, 0.15) is 18.4 Å². The molecule has 2 aliphatic heterocycles. The summed E-state index contributed by atoms with van der Waals surface area (Å²) in [6.45, 7) is 1.13. The van der Waals surface area contributed by atoms with Gasteiger partial charge in [0.05, 0.1) is 13.0 Å². The van der Waals surface area contributed by atoms with E-state index in [2.05, 4.69) is 0 Å². The maximum Gasteiger partial charge on any atom is 0.306 e. The summed E-state index contributed by atoms with van der Waals surface area (Å²) >= 11 is 0. The number of fused-ring (bicyclic) bond motifs is 1. The SMILES string of the molecule is O=C1C[C@H]2CC(=O)N(Cc3ccccc3)C[C@H]2O1. The van der Waals surface area contributed by atoms with Crippen molar-refractivity contribution in [1.29, 1.82) is 0 Å². The molecule has 2 saturated heterocycles. The highest BCUT2D eigenvalue weighted by Gasteiger charge is 2.42. The van der Waals surface area contributed by atoms with E-state index in [1.54, 1.807) is 4.90 Å². The Morgan fingerprint density at radius 3 is 2.72 bits per heavy atom. The number of likely N-dealkylation sites (tertiary alicyclic amines) is 1. The lowest BCUT2D eigenvalue weighted by molar-refractivity contribution is -0.148. The van der Waals surface area contributed by atoms with E-state index < -0.39 is 0 Å². The molecule has 0 saturated carbocycles. The first-order valence-corrected chi connectivity index (χ1v) is 6.23. The number of carbonyl (C=O) groups excluding carboxylic acids is 2. The second kappa shape index (κ2) is 4.44. The van der Waals surface area contributed by atoms with Crippen LogP contribution < -0.4 is 0 Å². The van der Waals surface area contributed by atoms with Crippen molar-refractivity contribution in [1.82, 2.24) is 4.90 Å². The predicted molar refractivity (Wildman–Crippen MR) is 64.5 cm³/mol. The second-order valence-corrected chi connectivity index (χ2v) is 4.96. The molecule has 1 aromatic carbocycles.